The molecule has 4 rings (SSSR count). The first-order chi connectivity index (χ1) is 15.7. The number of hydrogen-bond acceptors (Lipinski definition) is 7. The molecule has 10 nitrogen and oxygen atoms in total. The third-order valence-corrected chi connectivity index (χ3v) is 7.46. The largest absolute Gasteiger partial charge is 0.507 e. The molecule has 2 heterocycles. The number of piperidine rings is 1. The van der Waals surface area contributed by atoms with Crippen molar-refractivity contribution in [1.29, 1.82) is 0 Å². The molecule has 1 aromatic heterocycles. The van der Waals surface area contributed by atoms with Crippen LogP contribution in [0.5, 0.6) is 17.2 Å². The molecule has 2 N–H and O–H groups in total. The van der Waals surface area contributed by atoms with E-state index in [0.717, 1.165) is 30.1 Å². The Balaban J connectivity index is 1.68. The van der Waals surface area contributed by atoms with Crippen molar-refractivity contribution in [3.05, 3.63) is 68.0 Å². The number of H-pyrrole nitrogens is 1. The molecule has 0 spiro atoms. The van der Waals surface area contributed by atoms with Crippen molar-refractivity contribution in [1.82, 2.24) is 19.1 Å². The van der Waals surface area contributed by atoms with Gasteiger partial charge in [0.15, 0.2) is 0 Å². The van der Waals surface area contributed by atoms with Crippen molar-refractivity contribution in [2.75, 3.05) is 13.1 Å². The van der Waals surface area contributed by atoms with Crippen LogP contribution in [0.1, 0.15) is 24.8 Å². The maximum absolute atomic E-state index is 13.0. The Labute approximate surface area is 194 Å². The van der Waals surface area contributed by atoms with Gasteiger partial charge in [0, 0.05) is 19.2 Å². The van der Waals surface area contributed by atoms with Crippen LogP contribution >= 0.6 is 11.6 Å². The number of sulfonamides is 1. The lowest BCUT2D eigenvalue weighted by Crippen LogP contribution is -2.35. The monoisotopic (exact) mass is 492 g/mol. The molecule has 12 heteroatoms. The summed E-state index contributed by atoms with van der Waals surface area (Å²) < 4.78 is 34.3. The fourth-order valence-electron chi connectivity index (χ4n) is 3.63. The highest BCUT2D eigenvalue weighted by Crippen LogP contribution is 2.37. The molecule has 1 aliphatic rings. The van der Waals surface area contributed by atoms with Gasteiger partial charge in [-0.05, 0) is 49.6 Å². The van der Waals surface area contributed by atoms with E-state index in [4.69, 9.17) is 16.3 Å². The molecule has 1 saturated heterocycles. The van der Waals surface area contributed by atoms with Gasteiger partial charge in [0.25, 0.3) is 5.56 Å². The number of phenols is 1. The van der Waals surface area contributed by atoms with Gasteiger partial charge in [-0.15, -0.1) is 0 Å². The Kier molecular flexibility index (Phi) is 6.28. The molecule has 0 unspecified atom stereocenters. The zero-order valence-corrected chi connectivity index (χ0v) is 19.2. The topological polar surface area (TPSA) is 135 Å². The Morgan fingerprint density at radius 3 is 2.52 bits per heavy atom. The second-order valence-electron chi connectivity index (χ2n) is 7.62. The first kappa shape index (κ1) is 23.0. The van der Waals surface area contributed by atoms with Crippen LogP contribution in [0.4, 0.5) is 0 Å². The number of hydrogen-bond donors (Lipinski definition) is 2. The van der Waals surface area contributed by atoms with Gasteiger partial charge in [0.2, 0.25) is 10.0 Å². The van der Waals surface area contributed by atoms with E-state index in [2.05, 4.69) is 10.1 Å². The molecule has 0 amide bonds. The van der Waals surface area contributed by atoms with Crippen molar-refractivity contribution < 1.29 is 18.3 Å². The summed E-state index contributed by atoms with van der Waals surface area (Å²) >= 11 is 6.38. The van der Waals surface area contributed by atoms with Crippen molar-refractivity contribution in [2.45, 2.75) is 31.1 Å². The van der Waals surface area contributed by atoms with E-state index >= 15 is 0 Å². The smallest absolute Gasteiger partial charge is 0.349 e. The highest BCUT2D eigenvalue weighted by atomic mass is 35.5. The van der Waals surface area contributed by atoms with Gasteiger partial charge in [-0.1, -0.05) is 18.0 Å². The zero-order valence-electron chi connectivity index (χ0n) is 17.6. The summed E-state index contributed by atoms with van der Waals surface area (Å²) in [5.74, 6) is 0.0416. The fraction of sp³-hybridized carbons (Fsp3) is 0.286. The SMILES string of the molecule is Cc1cc(-n2ncc(=O)[nH]c2=O)cc(Cl)c1Oc1ccc(O)c(S(=O)(=O)N2CCCCC2)c1. The van der Waals surface area contributed by atoms with Crippen molar-refractivity contribution >= 4 is 21.6 Å². The Bertz CT molecular complexity index is 1400. The Morgan fingerprint density at radius 2 is 1.85 bits per heavy atom. The highest BCUT2D eigenvalue weighted by molar-refractivity contribution is 7.89. The normalized spacial score (nSPS) is 14.8. The van der Waals surface area contributed by atoms with E-state index < -0.39 is 21.3 Å². The van der Waals surface area contributed by atoms with Gasteiger partial charge in [0.1, 0.15) is 28.3 Å². The summed E-state index contributed by atoms with van der Waals surface area (Å²) in [4.78, 5) is 25.1. The van der Waals surface area contributed by atoms with Crippen LogP contribution in [0.15, 0.2) is 51.0 Å². The number of benzene rings is 2. The molecule has 3 aromatic rings. The summed E-state index contributed by atoms with van der Waals surface area (Å²) in [5.41, 5.74) is -0.504. The molecule has 0 radical (unpaired) electrons. The van der Waals surface area contributed by atoms with E-state index in [1.165, 1.54) is 28.6 Å². The molecule has 2 aromatic carbocycles. The van der Waals surface area contributed by atoms with E-state index in [9.17, 15) is 23.1 Å². The minimum atomic E-state index is -3.88. The number of aryl methyl sites for hydroxylation is 1. The number of aromatic amines is 1. The van der Waals surface area contributed by atoms with Crippen LogP contribution in [0.2, 0.25) is 5.02 Å². The molecule has 0 atom stereocenters. The van der Waals surface area contributed by atoms with Crippen LogP contribution in [-0.2, 0) is 10.0 Å². The molecular weight excluding hydrogens is 472 g/mol. The number of rotatable bonds is 5. The van der Waals surface area contributed by atoms with E-state index in [1.807, 2.05) is 0 Å². The van der Waals surface area contributed by atoms with Crippen LogP contribution in [0.25, 0.3) is 5.69 Å². The number of aromatic nitrogens is 3. The number of nitrogens with one attached hydrogen (secondary N) is 1. The van der Waals surface area contributed by atoms with Gasteiger partial charge >= 0.3 is 5.69 Å². The standard InChI is InChI=1S/C21H21ClN4O6S/c1-13-9-14(26-21(29)24-19(28)12-23-26)10-16(22)20(13)32-15-5-6-17(27)18(11-15)33(30,31)25-7-3-2-4-8-25/h5-6,9-12,27H,2-4,7-8H2,1H3,(H,24,28,29). The number of ether oxygens (including phenoxy) is 1. The first-order valence-corrected chi connectivity index (χ1v) is 12.0. The Morgan fingerprint density at radius 1 is 1.12 bits per heavy atom. The van der Waals surface area contributed by atoms with Gasteiger partial charge in [-0.2, -0.15) is 14.1 Å². The number of aromatic hydroxyl groups is 1. The molecule has 1 fully saturated rings. The predicted octanol–water partition coefficient (Wildman–Crippen LogP) is 2.56. The van der Waals surface area contributed by atoms with Crippen LogP contribution < -0.4 is 16.0 Å². The Hall–Kier alpha value is -3.15. The summed E-state index contributed by atoms with van der Waals surface area (Å²) in [6.07, 6.45) is 3.47. The van der Waals surface area contributed by atoms with Crippen LogP contribution in [-0.4, -0.2) is 45.7 Å². The van der Waals surface area contributed by atoms with Crippen molar-refractivity contribution in [3.63, 3.8) is 0 Å². The van der Waals surface area contributed by atoms with E-state index in [1.54, 1.807) is 13.0 Å². The van der Waals surface area contributed by atoms with Gasteiger partial charge in [-0.25, -0.2) is 13.2 Å². The minimum absolute atomic E-state index is 0.137. The summed E-state index contributed by atoms with van der Waals surface area (Å²) in [7, 11) is -3.88. The van der Waals surface area contributed by atoms with Gasteiger partial charge in [0.05, 0.1) is 10.7 Å². The number of phenolic OH excluding ortho intramolecular Hbond substituents is 1. The lowest BCUT2D eigenvalue weighted by Gasteiger charge is -2.26. The molecule has 1 aliphatic heterocycles. The fourth-order valence-corrected chi connectivity index (χ4v) is 5.54. The molecule has 0 aliphatic carbocycles. The molecule has 33 heavy (non-hydrogen) atoms. The predicted molar refractivity (Wildman–Crippen MR) is 121 cm³/mol. The molecule has 0 bridgehead atoms. The number of halogens is 1. The van der Waals surface area contributed by atoms with Crippen LogP contribution in [0.3, 0.4) is 0 Å². The van der Waals surface area contributed by atoms with Crippen LogP contribution in [0, 0.1) is 6.92 Å². The van der Waals surface area contributed by atoms with E-state index in [-0.39, 0.29) is 27.2 Å². The quantitative estimate of drug-likeness (QED) is 0.558. The maximum atomic E-state index is 13.0. The first-order valence-electron chi connectivity index (χ1n) is 10.2. The highest BCUT2D eigenvalue weighted by Gasteiger charge is 2.29. The third-order valence-electron chi connectivity index (χ3n) is 5.26. The summed E-state index contributed by atoms with van der Waals surface area (Å²) in [5, 5.41) is 14.2. The number of nitrogens with zero attached hydrogens (tertiary/aromatic N) is 3. The van der Waals surface area contributed by atoms with Crippen molar-refractivity contribution in [3.8, 4) is 22.9 Å². The average molecular weight is 493 g/mol. The molecule has 0 saturated carbocycles. The van der Waals surface area contributed by atoms with Crippen molar-refractivity contribution in [2.24, 2.45) is 0 Å². The average Bonchev–Trinajstić information content (AvgIpc) is 2.77. The van der Waals surface area contributed by atoms with E-state index in [0.29, 0.717) is 24.3 Å². The van der Waals surface area contributed by atoms with Gasteiger partial charge < -0.3 is 9.84 Å². The second kappa shape index (κ2) is 9.00. The minimum Gasteiger partial charge on any atom is -0.507 e. The summed E-state index contributed by atoms with van der Waals surface area (Å²) in [6.45, 7) is 2.49. The zero-order chi connectivity index (χ0) is 23.8. The van der Waals surface area contributed by atoms with Gasteiger partial charge in [-0.3, -0.25) is 9.78 Å². The lowest BCUT2D eigenvalue weighted by molar-refractivity contribution is 0.344. The third kappa shape index (κ3) is 4.65. The summed E-state index contributed by atoms with van der Waals surface area (Å²) in [6, 6.07) is 6.97. The second-order valence-corrected chi connectivity index (χ2v) is 9.93. The molecular formula is C21H21ClN4O6S. The maximum Gasteiger partial charge on any atom is 0.349 e. The lowest BCUT2D eigenvalue weighted by atomic mass is 10.2. The molecule has 174 valence electrons.